The summed E-state index contributed by atoms with van der Waals surface area (Å²) in [5.74, 6) is 6.41. The van der Waals surface area contributed by atoms with Gasteiger partial charge in [0.05, 0.1) is 0 Å². The van der Waals surface area contributed by atoms with Crippen molar-refractivity contribution in [3.05, 3.63) is 35.9 Å². The first kappa shape index (κ1) is 15.1. The summed E-state index contributed by atoms with van der Waals surface area (Å²) in [6.45, 7) is 1.68. The minimum atomic E-state index is 0.0571. The highest BCUT2D eigenvalue weighted by atomic mass is 16.7. The number of unbranched alkanes of at least 4 members (excludes halogenated alkanes) is 3. The summed E-state index contributed by atoms with van der Waals surface area (Å²) in [4.78, 5) is 0. The largest absolute Gasteiger partial charge is 0.353 e. The molecule has 0 N–H and O–H groups in total. The summed E-state index contributed by atoms with van der Waals surface area (Å²) in [7, 11) is 0. The molecule has 108 valence electrons. The van der Waals surface area contributed by atoms with Crippen molar-refractivity contribution in [2.24, 2.45) is 0 Å². The first-order valence-electron chi connectivity index (χ1n) is 7.72. The maximum atomic E-state index is 5.70. The molecule has 1 aliphatic rings. The van der Waals surface area contributed by atoms with Gasteiger partial charge in [-0.2, -0.15) is 0 Å². The van der Waals surface area contributed by atoms with Gasteiger partial charge in [-0.3, -0.25) is 0 Å². The van der Waals surface area contributed by atoms with Crippen molar-refractivity contribution in [1.82, 2.24) is 0 Å². The van der Waals surface area contributed by atoms with E-state index in [1.807, 2.05) is 30.3 Å². The second-order valence-electron chi connectivity index (χ2n) is 5.15. The van der Waals surface area contributed by atoms with E-state index in [9.17, 15) is 0 Å². The lowest BCUT2D eigenvalue weighted by Gasteiger charge is -2.22. The lowest BCUT2D eigenvalue weighted by atomic mass is 10.2. The molecule has 1 heterocycles. The summed E-state index contributed by atoms with van der Waals surface area (Å²) < 4.78 is 11.2. The third kappa shape index (κ3) is 6.23. The van der Waals surface area contributed by atoms with Gasteiger partial charge in [-0.1, -0.05) is 36.5 Å². The second kappa shape index (κ2) is 9.58. The van der Waals surface area contributed by atoms with Gasteiger partial charge in [0, 0.05) is 25.2 Å². The quantitative estimate of drug-likeness (QED) is 0.572. The van der Waals surface area contributed by atoms with Gasteiger partial charge in [-0.05, 0) is 44.2 Å². The van der Waals surface area contributed by atoms with E-state index in [0.29, 0.717) is 0 Å². The van der Waals surface area contributed by atoms with E-state index in [4.69, 9.17) is 9.47 Å². The van der Waals surface area contributed by atoms with E-state index in [2.05, 4.69) is 11.8 Å². The Morgan fingerprint density at radius 3 is 2.80 bits per heavy atom. The third-order valence-corrected chi connectivity index (χ3v) is 3.39. The monoisotopic (exact) mass is 272 g/mol. The van der Waals surface area contributed by atoms with Crippen molar-refractivity contribution < 1.29 is 9.47 Å². The van der Waals surface area contributed by atoms with Gasteiger partial charge in [0.2, 0.25) is 0 Å². The summed E-state index contributed by atoms with van der Waals surface area (Å²) in [5.41, 5.74) is 1.10. The molecular weight excluding hydrogens is 248 g/mol. The Balaban J connectivity index is 1.47. The molecule has 1 unspecified atom stereocenters. The van der Waals surface area contributed by atoms with Gasteiger partial charge in [0.15, 0.2) is 6.29 Å². The Morgan fingerprint density at radius 1 is 1.10 bits per heavy atom. The van der Waals surface area contributed by atoms with Gasteiger partial charge in [0.1, 0.15) is 0 Å². The summed E-state index contributed by atoms with van der Waals surface area (Å²) in [6, 6.07) is 10.2. The van der Waals surface area contributed by atoms with E-state index in [1.165, 1.54) is 19.3 Å². The number of benzene rings is 1. The molecule has 0 spiro atoms. The van der Waals surface area contributed by atoms with Gasteiger partial charge in [0.25, 0.3) is 0 Å². The van der Waals surface area contributed by atoms with Gasteiger partial charge < -0.3 is 9.47 Å². The van der Waals surface area contributed by atoms with Crippen LogP contribution in [0.15, 0.2) is 30.3 Å². The highest BCUT2D eigenvalue weighted by molar-refractivity contribution is 5.33. The highest BCUT2D eigenvalue weighted by Crippen LogP contribution is 2.14. The van der Waals surface area contributed by atoms with Crippen molar-refractivity contribution >= 4 is 0 Å². The zero-order valence-corrected chi connectivity index (χ0v) is 12.1. The molecule has 2 rings (SSSR count). The highest BCUT2D eigenvalue weighted by Gasteiger charge is 2.12. The maximum Gasteiger partial charge on any atom is 0.157 e. The average molecular weight is 272 g/mol. The number of hydrogen-bond acceptors (Lipinski definition) is 2. The first-order valence-corrected chi connectivity index (χ1v) is 7.72. The number of hydrogen-bond donors (Lipinski definition) is 0. The van der Waals surface area contributed by atoms with Crippen LogP contribution in [-0.2, 0) is 9.47 Å². The Kier molecular flexibility index (Phi) is 7.23. The summed E-state index contributed by atoms with van der Waals surface area (Å²) >= 11 is 0. The average Bonchev–Trinajstić information content (AvgIpc) is 2.52. The molecule has 1 atom stereocenters. The summed E-state index contributed by atoms with van der Waals surface area (Å²) in [5, 5.41) is 0. The van der Waals surface area contributed by atoms with Crippen molar-refractivity contribution in [2.45, 2.75) is 51.2 Å². The van der Waals surface area contributed by atoms with E-state index in [-0.39, 0.29) is 6.29 Å². The summed E-state index contributed by atoms with van der Waals surface area (Å²) in [6.07, 6.45) is 7.93. The molecule has 2 nitrogen and oxygen atoms in total. The molecule has 20 heavy (non-hydrogen) atoms. The second-order valence-corrected chi connectivity index (χ2v) is 5.15. The molecule has 0 bridgehead atoms. The van der Waals surface area contributed by atoms with Crippen LogP contribution >= 0.6 is 0 Å². The van der Waals surface area contributed by atoms with Gasteiger partial charge in [-0.15, -0.1) is 0 Å². The van der Waals surface area contributed by atoms with Crippen LogP contribution in [-0.4, -0.2) is 19.5 Å². The fraction of sp³-hybridized carbons (Fsp3) is 0.556. The molecule has 0 radical (unpaired) electrons. The van der Waals surface area contributed by atoms with Gasteiger partial charge >= 0.3 is 0 Å². The molecule has 1 saturated heterocycles. The fourth-order valence-electron chi connectivity index (χ4n) is 2.24. The van der Waals surface area contributed by atoms with Crippen LogP contribution < -0.4 is 0 Å². The predicted molar refractivity (Wildman–Crippen MR) is 81.3 cm³/mol. The third-order valence-electron chi connectivity index (χ3n) is 3.39. The SMILES string of the molecule is C(#Cc1ccccc1)CCCCCOC1CCCCO1. The lowest BCUT2D eigenvalue weighted by molar-refractivity contribution is -0.162. The molecule has 0 amide bonds. The Hall–Kier alpha value is -1.30. The topological polar surface area (TPSA) is 18.5 Å². The molecule has 0 saturated carbocycles. The fourth-order valence-corrected chi connectivity index (χ4v) is 2.24. The molecule has 0 aromatic heterocycles. The molecule has 1 fully saturated rings. The molecule has 2 heteroatoms. The van der Waals surface area contributed by atoms with Crippen LogP contribution in [0.2, 0.25) is 0 Å². The van der Waals surface area contributed by atoms with Crippen molar-refractivity contribution in [3.8, 4) is 11.8 Å². The Labute approximate surface area is 122 Å². The van der Waals surface area contributed by atoms with Crippen molar-refractivity contribution in [2.75, 3.05) is 13.2 Å². The maximum absolute atomic E-state index is 5.70. The normalized spacial score (nSPS) is 18.3. The van der Waals surface area contributed by atoms with Crippen LogP contribution in [0.3, 0.4) is 0 Å². The van der Waals surface area contributed by atoms with Crippen LogP contribution in [0, 0.1) is 11.8 Å². The predicted octanol–water partition coefficient (Wildman–Crippen LogP) is 4.14. The van der Waals surface area contributed by atoms with Crippen molar-refractivity contribution in [3.63, 3.8) is 0 Å². The van der Waals surface area contributed by atoms with E-state index >= 15 is 0 Å². The first-order chi connectivity index (χ1) is 9.95. The van der Waals surface area contributed by atoms with Crippen molar-refractivity contribution in [1.29, 1.82) is 0 Å². The van der Waals surface area contributed by atoms with E-state index in [0.717, 1.165) is 44.5 Å². The molecule has 0 aliphatic carbocycles. The number of rotatable bonds is 6. The van der Waals surface area contributed by atoms with Crippen LogP contribution in [0.5, 0.6) is 0 Å². The minimum absolute atomic E-state index is 0.0571. The molecule has 1 aromatic rings. The minimum Gasteiger partial charge on any atom is -0.353 e. The molecular formula is C18H24O2. The number of ether oxygens (including phenoxy) is 2. The van der Waals surface area contributed by atoms with Crippen LogP contribution in [0.25, 0.3) is 0 Å². The zero-order chi connectivity index (χ0) is 13.9. The zero-order valence-electron chi connectivity index (χ0n) is 12.1. The van der Waals surface area contributed by atoms with Crippen LogP contribution in [0.1, 0.15) is 50.5 Å². The van der Waals surface area contributed by atoms with Crippen LogP contribution in [0.4, 0.5) is 0 Å². The standard InChI is InChI=1S/C18H24O2/c1(2-5-11-17-12-6-4-7-13-17)3-9-15-19-18-14-8-10-16-20-18/h4,6-7,12-13,18H,1-3,8-10,14-16H2. The Bertz CT molecular complexity index is 410. The smallest absolute Gasteiger partial charge is 0.157 e. The molecule has 1 aliphatic heterocycles. The van der Waals surface area contributed by atoms with E-state index in [1.54, 1.807) is 0 Å². The molecule has 1 aromatic carbocycles. The van der Waals surface area contributed by atoms with E-state index < -0.39 is 0 Å². The van der Waals surface area contributed by atoms with Gasteiger partial charge in [-0.25, -0.2) is 0 Å². The Morgan fingerprint density at radius 2 is 2.00 bits per heavy atom. The lowest BCUT2D eigenvalue weighted by Crippen LogP contribution is -2.22.